The summed E-state index contributed by atoms with van der Waals surface area (Å²) in [6.45, 7) is 0. The van der Waals surface area contributed by atoms with Crippen LogP contribution in [-0.4, -0.2) is 27.3 Å². The standard InChI is InChI=1S/2ClHO4.Pb/c2*2-1(3,4)5;/h2*(H,2,3,4,5);/q;;+2/p-2. The van der Waals surface area contributed by atoms with Gasteiger partial charge in [0.15, 0.2) is 0 Å². The van der Waals surface area contributed by atoms with Gasteiger partial charge in [-0.15, -0.1) is 20.5 Å². The number of hydrogen-bond acceptors (Lipinski definition) is 8. The average Bonchev–Trinajstić information content (AvgIpc) is 1.12. The van der Waals surface area contributed by atoms with Crippen molar-refractivity contribution in [1.82, 2.24) is 0 Å². The van der Waals surface area contributed by atoms with Crippen LogP contribution in [0.25, 0.3) is 0 Å². The smallest absolute Gasteiger partial charge is 0.222 e. The summed E-state index contributed by atoms with van der Waals surface area (Å²) >= 11 is 0. The molecule has 0 saturated carbocycles. The second-order valence-electron chi connectivity index (χ2n) is 0.756. The molecule has 0 bridgehead atoms. The quantitative estimate of drug-likeness (QED) is 0.355. The Balaban J connectivity index is -0.000000107. The van der Waals surface area contributed by atoms with Crippen LogP contribution in [0, 0.1) is 20.5 Å². The molecule has 0 aromatic heterocycles. The molecule has 0 aliphatic carbocycles. The molecule has 0 N–H and O–H groups in total. The predicted octanol–water partition coefficient (Wildman–Crippen LogP) is -9.89. The fourth-order valence-corrected chi connectivity index (χ4v) is 0. The average molecular weight is 406 g/mol. The third kappa shape index (κ3) is 675. The van der Waals surface area contributed by atoms with Gasteiger partial charge < -0.3 is 0 Å². The minimum absolute atomic E-state index is 0. The van der Waals surface area contributed by atoms with Crippen molar-refractivity contribution < 1.29 is 57.8 Å². The Bertz CT molecular complexity index is 55.1. The molecule has 8 nitrogen and oxygen atoms in total. The van der Waals surface area contributed by atoms with E-state index in [-0.39, 0.29) is 27.3 Å². The molecule has 0 heterocycles. The summed E-state index contributed by atoms with van der Waals surface area (Å²) in [5.41, 5.74) is 0. The van der Waals surface area contributed by atoms with E-state index in [4.69, 9.17) is 37.3 Å². The fourth-order valence-electron chi connectivity index (χ4n) is 0. The molecule has 0 aromatic carbocycles. The molecular weight excluding hydrogens is 406 g/mol. The van der Waals surface area contributed by atoms with E-state index in [1.54, 1.807) is 0 Å². The predicted molar refractivity (Wildman–Crippen MR) is 5.75 cm³/mol. The Hall–Kier alpha value is 1.18. The van der Waals surface area contributed by atoms with Crippen LogP contribution >= 0.6 is 0 Å². The van der Waals surface area contributed by atoms with Crippen molar-refractivity contribution in [2.75, 3.05) is 0 Å². The molecular formula is Cl2O8Pb. The second-order valence-corrected chi connectivity index (χ2v) is 2.27. The molecule has 0 rings (SSSR count). The molecule has 11 heteroatoms. The van der Waals surface area contributed by atoms with E-state index in [0.717, 1.165) is 0 Å². The molecule has 0 unspecified atom stereocenters. The molecule has 0 amide bonds. The summed E-state index contributed by atoms with van der Waals surface area (Å²) in [7, 11) is -9.89. The molecule has 11 heavy (non-hydrogen) atoms. The maximum Gasteiger partial charge on any atom is 2.00 e. The van der Waals surface area contributed by atoms with E-state index in [9.17, 15) is 0 Å². The first-order valence-electron chi connectivity index (χ1n) is 1.23. The Labute approximate surface area is 84.9 Å². The molecule has 0 aliphatic rings. The molecule has 0 aromatic rings. The molecule has 0 atom stereocenters. The van der Waals surface area contributed by atoms with Crippen molar-refractivity contribution in [1.29, 1.82) is 0 Å². The molecule has 2 radical (unpaired) electrons. The summed E-state index contributed by atoms with van der Waals surface area (Å²) < 4.78 is 67.9. The van der Waals surface area contributed by atoms with Crippen molar-refractivity contribution >= 4 is 27.3 Å². The van der Waals surface area contributed by atoms with Crippen molar-refractivity contribution in [3.8, 4) is 0 Å². The monoisotopic (exact) mass is 406 g/mol. The van der Waals surface area contributed by atoms with Crippen LogP contribution in [0.4, 0.5) is 0 Å². The summed E-state index contributed by atoms with van der Waals surface area (Å²) in [5.74, 6) is 0. The van der Waals surface area contributed by atoms with Gasteiger partial charge in [-0.3, -0.25) is 0 Å². The number of hydrogen-bond donors (Lipinski definition) is 0. The third-order valence-corrected chi connectivity index (χ3v) is 0. The minimum atomic E-state index is -4.94. The van der Waals surface area contributed by atoms with Crippen LogP contribution < -0.4 is 37.3 Å². The molecule has 0 fully saturated rings. The maximum atomic E-state index is 8.49. The molecule has 0 aliphatic heterocycles. The van der Waals surface area contributed by atoms with Crippen molar-refractivity contribution in [2.24, 2.45) is 0 Å². The van der Waals surface area contributed by atoms with Gasteiger partial charge in [0.2, 0.25) is 0 Å². The van der Waals surface area contributed by atoms with E-state index in [2.05, 4.69) is 0 Å². The minimum Gasteiger partial charge on any atom is -0.222 e. The topological polar surface area (TPSA) is 184 Å². The summed E-state index contributed by atoms with van der Waals surface area (Å²) in [4.78, 5) is 0. The van der Waals surface area contributed by atoms with Gasteiger partial charge >= 0.3 is 27.3 Å². The van der Waals surface area contributed by atoms with Gasteiger partial charge in [-0.25, -0.2) is 37.3 Å². The van der Waals surface area contributed by atoms with Gasteiger partial charge in [-0.05, 0) is 0 Å². The van der Waals surface area contributed by atoms with Crippen molar-refractivity contribution in [2.45, 2.75) is 0 Å². The normalized spacial score (nSPS) is 10.9. The van der Waals surface area contributed by atoms with Gasteiger partial charge in [0.1, 0.15) is 0 Å². The van der Waals surface area contributed by atoms with E-state index < -0.39 is 20.5 Å². The van der Waals surface area contributed by atoms with E-state index in [1.807, 2.05) is 0 Å². The molecule has 0 spiro atoms. The zero-order chi connectivity index (χ0) is 9.00. The van der Waals surface area contributed by atoms with Gasteiger partial charge in [0.25, 0.3) is 0 Å². The van der Waals surface area contributed by atoms with Crippen molar-refractivity contribution in [3.05, 3.63) is 0 Å². The Morgan fingerprint density at radius 1 is 0.455 bits per heavy atom. The van der Waals surface area contributed by atoms with Crippen LogP contribution in [0.2, 0.25) is 0 Å². The van der Waals surface area contributed by atoms with Crippen LogP contribution in [-0.2, 0) is 0 Å². The summed E-state index contributed by atoms with van der Waals surface area (Å²) in [5, 5.41) is 0. The Morgan fingerprint density at radius 3 is 0.455 bits per heavy atom. The summed E-state index contributed by atoms with van der Waals surface area (Å²) in [6.07, 6.45) is 0. The number of halogens is 2. The largest absolute Gasteiger partial charge is 2.00 e. The second kappa shape index (κ2) is 6.67. The van der Waals surface area contributed by atoms with E-state index in [1.165, 1.54) is 0 Å². The van der Waals surface area contributed by atoms with Gasteiger partial charge in [-0.1, -0.05) is 0 Å². The fraction of sp³-hybridized carbons (Fsp3) is 0. The number of rotatable bonds is 0. The third-order valence-electron chi connectivity index (χ3n) is 0. The first-order valence-corrected chi connectivity index (χ1v) is 3.70. The Morgan fingerprint density at radius 2 is 0.455 bits per heavy atom. The van der Waals surface area contributed by atoms with E-state index in [0.29, 0.717) is 0 Å². The van der Waals surface area contributed by atoms with Gasteiger partial charge in [0, 0.05) is 0 Å². The van der Waals surface area contributed by atoms with E-state index >= 15 is 0 Å². The maximum absolute atomic E-state index is 8.49. The van der Waals surface area contributed by atoms with Gasteiger partial charge in [-0.2, -0.15) is 0 Å². The zero-order valence-electron chi connectivity index (χ0n) is 4.52. The first kappa shape index (κ1) is 18.1. The molecule has 0 saturated heterocycles. The zero-order valence-corrected chi connectivity index (χ0v) is 9.92. The van der Waals surface area contributed by atoms with Crippen LogP contribution in [0.3, 0.4) is 0 Å². The SMILES string of the molecule is [O-][Cl+3]([O-])([O-])[O-].[O-][Cl+3]([O-])([O-])[O-].[Pb+2]. The van der Waals surface area contributed by atoms with Crippen LogP contribution in [0.5, 0.6) is 0 Å². The first-order chi connectivity index (χ1) is 4.00. The summed E-state index contributed by atoms with van der Waals surface area (Å²) in [6, 6.07) is 0. The van der Waals surface area contributed by atoms with Crippen molar-refractivity contribution in [3.63, 3.8) is 0 Å². The van der Waals surface area contributed by atoms with Gasteiger partial charge in [0.05, 0.1) is 0 Å². The van der Waals surface area contributed by atoms with Crippen LogP contribution in [0.1, 0.15) is 0 Å². The Kier molecular flexibility index (Phi) is 11.0. The van der Waals surface area contributed by atoms with Crippen LogP contribution in [0.15, 0.2) is 0 Å². The molecule has 66 valence electrons.